The average molecular weight is 430 g/mol. The lowest BCUT2D eigenvalue weighted by molar-refractivity contribution is 0.0523. The molecule has 7 heteroatoms. The minimum atomic E-state index is -0.815. The minimum absolute atomic E-state index is 0.0666. The first-order valence-corrected chi connectivity index (χ1v) is 9.75. The molecule has 3 aromatic rings. The van der Waals surface area contributed by atoms with Crippen LogP contribution in [0.25, 0.3) is 11.3 Å². The number of hydrogen-bond acceptors (Lipinski definition) is 4. The maximum atomic E-state index is 14.9. The van der Waals surface area contributed by atoms with E-state index in [1.165, 1.54) is 23.8 Å². The van der Waals surface area contributed by atoms with E-state index in [1.807, 2.05) is 30.3 Å². The van der Waals surface area contributed by atoms with Crippen molar-refractivity contribution in [3.8, 4) is 17.0 Å². The highest BCUT2D eigenvalue weighted by Crippen LogP contribution is 2.37. The number of carbonyl (C=O) groups excluding carboxylic acids is 1. The zero-order valence-corrected chi connectivity index (χ0v) is 17.6. The predicted molar refractivity (Wildman–Crippen MR) is 114 cm³/mol. The molecular weight excluding hydrogens is 409 g/mol. The Morgan fingerprint density at radius 1 is 1.13 bits per heavy atom. The Morgan fingerprint density at radius 2 is 1.83 bits per heavy atom. The number of esters is 1. The molecule has 0 saturated heterocycles. The molecule has 3 rings (SSSR count). The Morgan fingerprint density at radius 3 is 2.47 bits per heavy atom. The van der Waals surface area contributed by atoms with Crippen LogP contribution in [0.4, 0.5) is 4.39 Å². The Balaban J connectivity index is 2.39. The van der Waals surface area contributed by atoms with E-state index >= 15 is 0 Å². The number of rotatable bonds is 6. The fourth-order valence-corrected chi connectivity index (χ4v) is 3.60. The molecule has 30 heavy (non-hydrogen) atoms. The van der Waals surface area contributed by atoms with Crippen LogP contribution < -0.4 is 10.3 Å². The maximum Gasteiger partial charge on any atom is 0.345 e. The largest absolute Gasteiger partial charge is 0.496 e. The lowest BCUT2D eigenvalue weighted by Crippen LogP contribution is -2.31. The van der Waals surface area contributed by atoms with Gasteiger partial charge in [0, 0.05) is 0 Å². The van der Waals surface area contributed by atoms with Crippen molar-refractivity contribution in [3.63, 3.8) is 0 Å². The fraction of sp³-hybridized carbons (Fsp3) is 0.217. The van der Waals surface area contributed by atoms with Crippen molar-refractivity contribution in [3.05, 3.63) is 86.4 Å². The molecule has 0 saturated carbocycles. The molecule has 0 aliphatic heterocycles. The van der Waals surface area contributed by atoms with E-state index in [1.54, 1.807) is 19.9 Å². The quantitative estimate of drug-likeness (QED) is 0.525. The molecule has 5 nitrogen and oxygen atoms in total. The second-order valence-corrected chi connectivity index (χ2v) is 6.96. The van der Waals surface area contributed by atoms with Crippen LogP contribution in [-0.2, 0) is 11.3 Å². The Bertz CT molecular complexity index is 1140. The molecule has 1 heterocycles. The van der Waals surface area contributed by atoms with Crippen LogP contribution in [0, 0.1) is 12.7 Å². The number of pyridine rings is 1. The Labute approximate surface area is 178 Å². The second kappa shape index (κ2) is 9.13. The SMILES string of the molecule is CCOC(=O)c1c(Cl)c(C)c(-c2c(F)cccc2OC)n(Cc2ccccc2)c1=O. The molecular formula is C23H21ClFNO4. The number of methoxy groups -OCH3 is 1. The molecule has 0 aliphatic carbocycles. The van der Waals surface area contributed by atoms with Crippen molar-refractivity contribution in [1.29, 1.82) is 0 Å². The molecule has 0 fully saturated rings. The van der Waals surface area contributed by atoms with Gasteiger partial charge in [-0.2, -0.15) is 0 Å². The average Bonchev–Trinajstić information content (AvgIpc) is 2.74. The molecule has 1 aromatic heterocycles. The first kappa shape index (κ1) is 21.6. The number of ether oxygens (including phenoxy) is 2. The van der Waals surface area contributed by atoms with Gasteiger partial charge >= 0.3 is 5.97 Å². The summed E-state index contributed by atoms with van der Waals surface area (Å²) in [6.07, 6.45) is 0. The molecule has 0 spiro atoms. The predicted octanol–water partition coefficient (Wildman–Crippen LogP) is 4.85. The summed E-state index contributed by atoms with van der Waals surface area (Å²) in [4.78, 5) is 25.8. The van der Waals surface area contributed by atoms with Gasteiger partial charge in [0.2, 0.25) is 0 Å². The summed E-state index contributed by atoms with van der Waals surface area (Å²) in [6, 6.07) is 13.6. The summed E-state index contributed by atoms with van der Waals surface area (Å²) >= 11 is 6.43. The summed E-state index contributed by atoms with van der Waals surface area (Å²) in [5, 5.41) is -0.0666. The number of nitrogens with zero attached hydrogens (tertiary/aromatic N) is 1. The van der Waals surface area contributed by atoms with Crippen LogP contribution in [0.5, 0.6) is 5.75 Å². The zero-order chi connectivity index (χ0) is 21.8. The molecule has 0 unspecified atom stereocenters. The highest BCUT2D eigenvalue weighted by molar-refractivity contribution is 6.34. The highest BCUT2D eigenvalue weighted by atomic mass is 35.5. The topological polar surface area (TPSA) is 57.5 Å². The van der Waals surface area contributed by atoms with E-state index in [9.17, 15) is 14.0 Å². The third kappa shape index (κ3) is 3.96. The Hall–Kier alpha value is -3.12. The summed E-state index contributed by atoms with van der Waals surface area (Å²) in [5.74, 6) is -1.14. The normalized spacial score (nSPS) is 10.7. The second-order valence-electron chi connectivity index (χ2n) is 6.58. The van der Waals surface area contributed by atoms with Crippen molar-refractivity contribution < 1.29 is 18.7 Å². The fourth-order valence-electron chi connectivity index (χ4n) is 3.35. The maximum absolute atomic E-state index is 14.9. The smallest absolute Gasteiger partial charge is 0.345 e. The third-order valence-corrected chi connectivity index (χ3v) is 5.20. The molecule has 0 aliphatic rings. The van der Waals surface area contributed by atoms with Gasteiger partial charge in [-0.1, -0.05) is 48.0 Å². The molecule has 0 atom stereocenters. The van der Waals surface area contributed by atoms with Crippen LogP contribution in [0.3, 0.4) is 0 Å². The first-order chi connectivity index (χ1) is 14.4. The first-order valence-electron chi connectivity index (χ1n) is 9.37. The zero-order valence-electron chi connectivity index (χ0n) is 16.9. The van der Waals surface area contributed by atoms with Crippen LogP contribution in [-0.4, -0.2) is 24.3 Å². The van der Waals surface area contributed by atoms with Gasteiger partial charge in [0.25, 0.3) is 5.56 Å². The molecule has 156 valence electrons. The number of halogens is 2. The van der Waals surface area contributed by atoms with Crippen molar-refractivity contribution in [2.24, 2.45) is 0 Å². The number of aromatic nitrogens is 1. The summed E-state index contributed by atoms with van der Waals surface area (Å²) < 4.78 is 26.6. The molecule has 0 amide bonds. The van der Waals surface area contributed by atoms with E-state index in [4.69, 9.17) is 21.1 Å². The van der Waals surface area contributed by atoms with Gasteiger partial charge in [0.05, 0.1) is 36.5 Å². The van der Waals surface area contributed by atoms with E-state index in [0.717, 1.165) is 5.56 Å². The Kier molecular flexibility index (Phi) is 6.57. The van der Waals surface area contributed by atoms with Crippen molar-refractivity contribution >= 4 is 17.6 Å². The van der Waals surface area contributed by atoms with E-state index in [2.05, 4.69) is 0 Å². The summed E-state index contributed by atoms with van der Waals surface area (Å²) in [5.41, 5.74) is 0.588. The van der Waals surface area contributed by atoms with Crippen LogP contribution in [0.15, 0.2) is 53.3 Å². The van der Waals surface area contributed by atoms with Crippen LogP contribution >= 0.6 is 11.6 Å². The monoisotopic (exact) mass is 429 g/mol. The minimum Gasteiger partial charge on any atom is -0.496 e. The summed E-state index contributed by atoms with van der Waals surface area (Å²) in [6.45, 7) is 3.47. The van der Waals surface area contributed by atoms with Gasteiger partial charge in [-0.05, 0) is 37.1 Å². The van der Waals surface area contributed by atoms with Crippen molar-refractivity contribution in [1.82, 2.24) is 4.57 Å². The van der Waals surface area contributed by atoms with Gasteiger partial charge < -0.3 is 14.0 Å². The van der Waals surface area contributed by atoms with Gasteiger partial charge in [0.15, 0.2) is 0 Å². The van der Waals surface area contributed by atoms with E-state index in [0.29, 0.717) is 5.56 Å². The molecule has 0 radical (unpaired) electrons. The van der Waals surface area contributed by atoms with Crippen molar-refractivity contribution in [2.45, 2.75) is 20.4 Å². The highest BCUT2D eigenvalue weighted by Gasteiger charge is 2.27. The van der Waals surface area contributed by atoms with Crippen LogP contribution in [0.2, 0.25) is 5.02 Å². The standard InChI is InChI=1S/C23H21ClFNO4/c1-4-30-23(28)19-20(24)14(2)21(18-16(25)11-8-12-17(18)29-3)26(22(19)27)13-15-9-6-5-7-10-15/h5-12H,4,13H2,1-3H3. The number of benzene rings is 2. The number of carbonyl (C=O) groups is 1. The lowest BCUT2D eigenvalue weighted by atomic mass is 10.0. The van der Waals surface area contributed by atoms with E-state index < -0.39 is 17.3 Å². The summed E-state index contributed by atoms with van der Waals surface area (Å²) in [7, 11) is 1.42. The van der Waals surface area contributed by atoms with Gasteiger partial charge in [0.1, 0.15) is 17.1 Å². The van der Waals surface area contributed by atoms with Crippen molar-refractivity contribution in [2.75, 3.05) is 13.7 Å². The molecule has 0 bridgehead atoms. The van der Waals surface area contributed by atoms with Crippen LogP contribution in [0.1, 0.15) is 28.4 Å². The molecule has 2 aromatic carbocycles. The van der Waals surface area contributed by atoms with Gasteiger partial charge in [-0.25, -0.2) is 9.18 Å². The third-order valence-electron chi connectivity index (χ3n) is 4.73. The molecule has 0 N–H and O–H groups in total. The van der Waals surface area contributed by atoms with E-state index in [-0.39, 0.29) is 40.7 Å². The van der Waals surface area contributed by atoms with Gasteiger partial charge in [-0.3, -0.25) is 4.79 Å². The number of hydrogen-bond donors (Lipinski definition) is 0. The lowest BCUT2D eigenvalue weighted by Gasteiger charge is -2.21. The van der Waals surface area contributed by atoms with Gasteiger partial charge in [-0.15, -0.1) is 0 Å².